The van der Waals surface area contributed by atoms with Gasteiger partial charge >= 0.3 is 0 Å². The monoisotopic (exact) mass is 839 g/mol. The van der Waals surface area contributed by atoms with E-state index < -0.39 is 186 Å². The maximum absolute atomic E-state index is 11.9. The number of nitrogens with one attached hydrogen (secondary N) is 1. The van der Waals surface area contributed by atoms with Crippen LogP contribution in [0.2, 0.25) is 0 Å². The Morgan fingerprint density at radius 1 is 0.456 bits per heavy atom. The SMILES string of the molecule is CC(=O)N[C@@H]1C(O)O[C@H](CO)[C@@H](O[C@@H]2O[C@H](CO[C@H]3O[C@H](CO)[C@@H](O)[C@H](O)[C@@H]3O)[C@@H](O)[C@H](O[C@H]3O[C@H](CO)[C@@H](O)[C@H](O)[C@@H]3O)[C@@H]2O[C@@H]2O[C@H](CO)[C@H](O)[C@H]2O)[C@@H]1O. The molecule has 1 amide bonds. The van der Waals surface area contributed by atoms with Crippen LogP contribution in [0.25, 0.3) is 0 Å². The summed E-state index contributed by atoms with van der Waals surface area (Å²) in [6.45, 7) is -3.28. The van der Waals surface area contributed by atoms with E-state index >= 15 is 0 Å². The molecule has 0 aliphatic carbocycles. The number of rotatable bonds is 14. The molecule has 0 radical (unpaired) electrons. The highest BCUT2D eigenvalue weighted by Crippen LogP contribution is 2.36. The third kappa shape index (κ3) is 9.85. The number of aliphatic hydroxyl groups excluding tert-OH is 15. The Labute approximate surface area is 322 Å². The van der Waals surface area contributed by atoms with Crippen LogP contribution in [0.15, 0.2) is 0 Å². The molecular formula is C31H53NO25. The van der Waals surface area contributed by atoms with Crippen molar-refractivity contribution >= 4 is 5.91 Å². The van der Waals surface area contributed by atoms with E-state index in [1.807, 2.05) is 0 Å². The van der Waals surface area contributed by atoms with Gasteiger partial charge in [0.1, 0.15) is 116 Å². The predicted octanol–water partition coefficient (Wildman–Crippen LogP) is -11.1. The van der Waals surface area contributed by atoms with Gasteiger partial charge < -0.3 is 125 Å². The first kappa shape index (κ1) is 46.6. The lowest BCUT2D eigenvalue weighted by molar-refractivity contribution is -0.395. The van der Waals surface area contributed by atoms with E-state index in [0.717, 1.165) is 6.92 Å². The van der Waals surface area contributed by atoms with Gasteiger partial charge in [-0.15, -0.1) is 0 Å². The molecule has 24 atom stereocenters. The van der Waals surface area contributed by atoms with E-state index in [1.54, 1.807) is 0 Å². The summed E-state index contributed by atoms with van der Waals surface area (Å²) in [6.07, 6.45) is -42.3. The molecule has 5 aliphatic rings. The Bertz CT molecular complexity index is 1270. The van der Waals surface area contributed by atoms with Gasteiger partial charge in [0.25, 0.3) is 0 Å². The molecule has 0 aromatic heterocycles. The molecule has 0 saturated carbocycles. The van der Waals surface area contributed by atoms with Gasteiger partial charge in [-0.05, 0) is 0 Å². The molecule has 0 aromatic rings. The first-order valence-electron chi connectivity index (χ1n) is 18.0. The number of carbonyl (C=O) groups excluding carboxylic acids is 1. The third-order valence-electron chi connectivity index (χ3n) is 10.4. The summed E-state index contributed by atoms with van der Waals surface area (Å²) < 4.78 is 51.2. The summed E-state index contributed by atoms with van der Waals surface area (Å²) in [5.41, 5.74) is 0. The van der Waals surface area contributed by atoms with Crippen molar-refractivity contribution in [1.82, 2.24) is 5.32 Å². The highest BCUT2D eigenvalue weighted by Gasteiger charge is 2.57. The van der Waals surface area contributed by atoms with Gasteiger partial charge in [-0.1, -0.05) is 0 Å². The van der Waals surface area contributed by atoms with Crippen molar-refractivity contribution in [2.45, 2.75) is 154 Å². The number of amides is 1. The summed E-state index contributed by atoms with van der Waals surface area (Å²) in [7, 11) is 0. The topological polar surface area (TPSA) is 416 Å². The predicted molar refractivity (Wildman–Crippen MR) is 172 cm³/mol. The second-order valence-corrected chi connectivity index (χ2v) is 14.2. The molecule has 57 heavy (non-hydrogen) atoms. The third-order valence-corrected chi connectivity index (χ3v) is 10.4. The van der Waals surface area contributed by atoms with Crippen molar-refractivity contribution in [3.8, 4) is 0 Å². The summed E-state index contributed by atoms with van der Waals surface area (Å²) in [5, 5.41) is 159. The molecule has 5 rings (SSSR count). The van der Waals surface area contributed by atoms with Gasteiger partial charge in [0.2, 0.25) is 5.91 Å². The minimum absolute atomic E-state index is 0.732. The molecule has 0 aromatic carbocycles. The second-order valence-electron chi connectivity index (χ2n) is 14.2. The average molecular weight is 840 g/mol. The van der Waals surface area contributed by atoms with Crippen LogP contribution >= 0.6 is 0 Å². The molecule has 5 saturated heterocycles. The molecule has 5 aliphatic heterocycles. The lowest BCUT2D eigenvalue weighted by atomic mass is 9.95. The molecule has 0 spiro atoms. The maximum Gasteiger partial charge on any atom is 0.217 e. The van der Waals surface area contributed by atoms with Crippen LogP contribution in [-0.4, -0.2) is 263 Å². The number of aliphatic hydroxyl groups is 15. The van der Waals surface area contributed by atoms with Crippen LogP contribution in [0.1, 0.15) is 6.92 Å². The van der Waals surface area contributed by atoms with Crippen LogP contribution in [0.5, 0.6) is 0 Å². The molecule has 5 heterocycles. The normalized spacial score (nSPS) is 50.8. The zero-order chi connectivity index (χ0) is 42.0. The lowest BCUT2D eigenvalue weighted by Gasteiger charge is -2.50. The highest BCUT2D eigenvalue weighted by atomic mass is 16.8. The molecule has 5 fully saturated rings. The van der Waals surface area contributed by atoms with Crippen molar-refractivity contribution in [1.29, 1.82) is 0 Å². The Hall–Kier alpha value is -1.49. The Balaban J connectivity index is 1.52. The summed E-state index contributed by atoms with van der Waals surface area (Å²) in [4.78, 5) is 11.9. The standard InChI is InChI=1S/C31H53NO25/c1-7(37)32-13-18(42)24(11(5-36)50-27(13)48)55-31-26(57-29-21(45)16(40)10(4-35)53-29)25(56-30-23(47)20(44)15(39)9(3-34)52-30)17(41)12(54-31)6-49-28-22(46)19(43)14(38)8(2-33)51-28/h8-31,33-36,38-48H,2-6H2,1H3,(H,32,37)/t8-,9-,10-,11-,12-,13+,14-,15-,16+,17-,18-,19+,20+,21-,22+,23+,24-,25+,26+,27?,28+,29+,30-,31+/m1/s1. The summed E-state index contributed by atoms with van der Waals surface area (Å²) >= 11 is 0. The van der Waals surface area contributed by atoms with Crippen molar-refractivity contribution in [2.24, 2.45) is 0 Å². The zero-order valence-electron chi connectivity index (χ0n) is 30.2. The minimum atomic E-state index is -2.09. The van der Waals surface area contributed by atoms with Crippen LogP contribution in [0, 0.1) is 0 Å². The van der Waals surface area contributed by atoms with Crippen molar-refractivity contribution in [3.63, 3.8) is 0 Å². The van der Waals surface area contributed by atoms with E-state index in [1.165, 1.54) is 0 Å². The van der Waals surface area contributed by atoms with E-state index in [2.05, 4.69) is 5.32 Å². The van der Waals surface area contributed by atoms with Crippen LogP contribution in [-0.2, 0) is 47.4 Å². The van der Waals surface area contributed by atoms with E-state index in [4.69, 9.17) is 42.6 Å². The summed E-state index contributed by atoms with van der Waals surface area (Å²) in [6, 6.07) is -1.59. The fourth-order valence-corrected chi connectivity index (χ4v) is 7.10. The van der Waals surface area contributed by atoms with Gasteiger partial charge in [-0.2, -0.15) is 0 Å². The molecular weight excluding hydrogens is 786 g/mol. The first-order valence-corrected chi connectivity index (χ1v) is 18.0. The molecule has 26 nitrogen and oxygen atoms in total. The zero-order valence-corrected chi connectivity index (χ0v) is 30.2. The highest BCUT2D eigenvalue weighted by molar-refractivity contribution is 5.73. The molecule has 16 N–H and O–H groups in total. The fourth-order valence-electron chi connectivity index (χ4n) is 7.10. The Morgan fingerprint density at radius 3 is 1.39 bits per heavy atom. The van der Waals surface area contributed by atoms with Crippen LogP contribution in [0.3, 0.4) is 0 Å². The molecule has 1 unspecified atom stereocenters. The quantitative estimate of drug-likeness (QED) is 0.0772. The number of hydrogen-bond donors (Lipinski definition) is 16. The van der Waals surface area contributed by atoms with E-state index in [9.17, 15) is 81.4 Å². The fraction of sp³-hybridized carbons (Fsp3) is 0.968. The number of carbonyl (C=O) groups is 1. The van der Waals surface area contributed by atoms with Gasteiger partial charge in [-0.3, -0.25) is 4.79 Å². The Kier molecular flexibility index (Phi) is 16.3. The molecule has 0 bridgehead atoms. The van der Waals surface area contributed by atoms with E-state index in [-0.39, 0.29) is 0 Å². The van der Waals surface area contributed by atoms with Gasteiger partial charge in [0, 0.05) is 6.92 Å². The number of hydrogen-bond acceptors (Lipinski definition) is 25. The van der Waals surface area contributed by atoms with Crippen LogP contribution in [0.4, 0.5) is 0 Å². The van der Waals surface area contributed by atoms with Crippen molar-refractivity contribution in [2.75, 3.05) is 33.0 Å². The summed E-state index contributed by atoms with van der Waals surface area (Å²) in [5.74, 6) is -0.732. The second kappa shape index (κ2) is 19.9. The maximum atomic E-state index is 11.9. The van der Waals surface area contributed by atoms with Crippen LogP contribution < -0.4 is 5.32 Å². The van der Waals surface area contributed by atoms with E-state index in [0.29, 0.717) is 0 Å². The van der Waals surface area contributed by atoms with Gasteiger partial charge in [0.05, 0.1) is 33.0 Å². The number of ether oxygens (including phenoxy) is 9. The minimum Gasteiger partial charge on any atom is -0.394 e. The first-order chi connectivity index (χ1) is 27.0. The smallest absolute Gasteiger partial charge is 0.217 e. The largest absolute Gasteiger partial charge is 0.394 e. The van der Waals surface area contributed by atoms with Crippen molar-refractivity contribution < 1.29 is 124 Å². The van der Waals surface area contributed by atoms with Crippen molar-refractivity contribution in [3.05, 3.63) is 0 Å². The average Bonchev–Trinajstić information content (AvgIpc) is 3.46. The molecule has 332 valence electrons. The molecule has 26 heteroatoms. The van der Waals surface area contributed by atoms with Gasteiger partial charge in [-0.25, -0.2) is 0 Å². The van der Waals surface area contributed by atoms with Gasteiger partial charge in [0.15, 0.2) is 31.5 Å². The Morgan fingerprint density at radius 2 is 0.877 bits per heavy atom. The lowest BCUT2D eigenvalue weighted by Crippen LogP contribution is -2.69.